The highest BCUT2D eigenvalue weighted by Gasteiger charge is 2.43. The van der Waals surface area contributed by atoms with Gasteiger partial charge in [0.1, 0.15) is 17.3 Å². The maximum atomic E-state index is 11.5. The molecule has 4 heteroatoms. The van der Waals surface area contributed by atoms with Crippen molar-refractivity contribution in [3.8, 4) is 11.5 Å². The van der Waals surface area contributed by atoms with Crippen LogP contribution in [0.2, 0.25) is 0 Å². The van der Waals surface area contributed by atoms with Gasteiger partial charge >= 0.3 is 0 Å². The SMILES string of the molecule is COc1ccc(OC)c(C2(CC(C)=O)COC2)c1. The van der Waals surface area contributed by atoms with Crippen LogP contribution in [0, 0.1) is 0 Å². The summed E-state index contributed by atoms with van der Waals surface area (Å²) in [4.78, 5) is 11.5. The van der Waals surface area contributed by atoms with Gasteiger partial charge in [0.2, 0.25) is 0 Å². The van der Waals surface area contributed by atoms with Crippen LogP contribution in [0.15, 0.2) is 18.2 Å². The molecule has 0 N–H and O–H groups in total. The first-order valence-corrected chi connectivity index (χ1v) is 5.91. The van der Waals surface area contributed by atoms with Crippen LogP contribution in [0.1, 0.15) is 18.9 Å². The second kappa shape index (κ2) is 4.98. The Morgan fingerprint density at radius 2 is 2.06 bits per heavy atom. The molecule has 0 atom stereocenters. The first kappa shape index (κ1) is 12.9. The summed E-state index contributed by atoms with van der Waals surface area (Å²) in [6.45, 7) is 2.71. The molecule has 4 nitrogen and oxygen atoms in total. The molecule has 0 unspecified atom stereocenters. The number of carbonyl (C=O) groups is 1. The molecule has 1 saturated heterocycles. The van der Waals surface area contributed by atoms with Crippen LogP contribution < -0.4 is 9.47 Å². The lowest BCUT2D eigenvalue weighted by Gasteiger charge is -2.42. The Bertz CT molecular complexity index is 449. The van der Waals surface area contributed by atoms with Crippen LogP contribution in [-0.4, -0.2) is 33.2 Å². The fraction of sp³-hybridized carbons (Fsp3) is 0.500. The van der Waals surface area contributed by atoms with E-state index in [9.17, 15) is 4.79 Å². The first-order valence-electron chi connectivity index (χ1n) is 5.91. The van der Waals surface area contributed by atoms with E-state index in [-0.39, 0.29) is 11.2 Å². The van der Waals surface area contributed by atoms with Gasteiger partial charge in [0.15, 0.2) is 0 Å². The molecule has 1 aliphatic rings. The molecule has 0 bridgehead atoms. The molecule has 0 aromatic heterocycles. The van der Waals surface area contributed by atoms with Crippen LogP contribution >= 0.6 is 0 Å². The van der Waals surface area contributed by atoms with Gasteiger partial charge in [-0.3, -0.25) is 4.79 Å². The predicted octanol–water partition coefficient (Wildman–Crippen LogP) is 1.95. The standard InChI is InChI=1S/C14H18O4/c1-10(15)7-14(8-18-9-14)12-6-11(16-2)4-5-13(12)17-3/h4-6H,7-9H2,1-3H3. The Morgan fingerprint density at radius 3 is 2.50 bits per heavy atom. The Hall–Kier alpha value is -1.55. The minimum Gasteiger partial charge on any atom is -0.497 e. The van der Waals surface area contributed by atoms with Crippen molar-refractivity contribution in [3.63, 3.8) is 0 Å². The number of rotatable bonds is 5. The zero-order valence-corrected chi connectivity index (χ0v) is 11.0. The molecule has 0 radical (unpaired) electrons. The minimum atomic E-state index is -0.258. The smallest absolute Gasteiger partial charge is 0.130 e. The number of hydrogen-bond donors (Lipinski definition) is 0. The number of methoxy groups -OCH3 is 2. The van der Waals surface area contributed by atoms with Gasteiger partial charge in [0.05, 0.1) is 32.8 Å². The lowest BCUT2D eigenvalue weighted by molar-refractivity contribution is -0.125. The number of hydrogen-bond acceptors (Lipinski definition) is 4. The van der Waals surface area contributed by atoms with Gasteiger partial charge in [-0.2, -0.15) is 0 Å². The van der Waals surface area contributed by atoms with E-state index in [1.807, 2.05) is 18.2 Å². The molecule has 2 rings (SSSR count). The van der Waals surface area contributed by atoms with Crippen LogP contribution in [-0.2, 0) is 14.9 Å². The zero-order valence-electron chi connectivity index (χ0n) is 11.0. The summed E-state index contributed by atoms with van der Waals surface area (Å²) in [5, 5.41) is 0. The second-order valence-corrected chi connectivity index (χ2v) is 4.72. The molecule has 1 fully saturated rings. The van der Waals surface area contributed by atoms with Crippen molar-refractivity contribution in [2.24, 2.45) is 0 Å². The Labute approximate surface area is 107 Å². The summed E-state index contributed by atoms with van der Waals surface area (Å²) in [6.07, 6.45) is 0.469. The Balaban J connectivity index is 2.43. The molecule has 1 heterocycles. The summed E-state index contributed by atoms with van der Waals surface area (Å²) >= 11 is 0. The highest BCUT2D eigenvalue weighted by molar-refractivity contribution is 5.78. The Morgan fingerprint density at radius 1 is 1.33 bits per heavy atom. The summed E-state index contributed by atoms with van der Waals surface area (Å²) < 4.78 is 15.9. The topological polar surface area (TPSA) is 44.8 Å². The summed E-state index contributed by atoms with van der Waals surface area (Å²) in [5.74, 6) is 1.70. The van der Waals surface area contributed by atoms with Crippen molar-refractivity contribution in [2.75, 3.05) is 27.4 Å². The lowest BCUT2D eigenvalue weighted by Crippen LogP contribution is -2.48. The van der Waals surface area contributed by atoms with Crippen molar-refractivity contribution in [3.05, 3.63) is 23.8 Å². The van der Waals surface area contributed by atoms with Crippen molar-refractivity contribution < 1.29 is 19.0 Å². The molecule has 0 aliphatic carbocycles. The first-order chi connectivity index (χ1) is 8.61. The van der Waals surface area contributed by atoms with Crippen LogP contribution in [0.3, 0.4) is 0 Å². The molecule has 0 spiro atoms. The molecule has 1 aromatic rings. The third kappa shape index (κ3) is 2.20. The number of Topliss-reactive ketones (excluding diaryl/α,β-unsaturated/α-hetero) is 1. The van der Waals surface area contributed by atoms with E-state index in [4.69, 9.17) is 14.2 Å². The third-order valence-corrected chi connectivity index (χ3v) is 3.32. The van der Waals surface area contributed by atoms with E-state index in [1.165, 1.54) is 0 Å². The van der Waals surface area contributed by atoms with E-state index in [2.05, 4.69) is 0 Å². The summed E-state index contributed by atoms with van der Waals surface area (Å²) in [7, 11) is 3.26. The number of ether oxygens (including phenoxy) is 3. The van der Waals surface area contributed by atoms with E-state index in [0.29, 0.717) is 19.6 Å². The minimum absolute atomic E-state index is 0.156. The van der Waals surface area contributed by atoms with E-state index >= 15 is 0 Å². The van der Waals surface area contributed by atoms with Gasteiger partial charge in [-0.1, -0.05) is 0 Å². The molecule has 0 amide bonds. The quantitative estimate of drug-likeness (QED) is 0.801. The molecule has 0 saturated carbocycles. The molecule has 1 aromatic carbocycles. The molecule has 98 valence electrons. The van der Waals surface area contributed by atoms with Gasteiger partial charge in [0.25, 0.3) is 0 Å². The largest absolute Gasteiger partial charge is 0.497 e. The Kier molecular flexibility index (Phi) is 3.57. The van der Waals surface area contributed by atoms with Gasteiger partial charge in [-0.05, 0) is 25.1 Å². The maximum Gasteiger partial charge on any atom is 0.130 e. The van der Waals surface area contributed by atoms with Crippen molar-refractivity contribution >= 4 is 5.78 Å². The van der Waals surface area contributed by atoms with Gasteiger partial charge in [0, 0.05) is 12.0 Å². The average Bonchev–Trinajstić information content (AvgIpc) is 2.32. The van der Waals surface area contributed by atoms with Gasteiger partial charge in [-0.25, -0.2) is 0 Å². The van der Waals surface area contributed by atoms with Crippen LogP contribution in [0.5, 0.6) is 11.5 Å². The maximum absolute atomic E-state index is 11.5. The normalized spacial score (nSPS) is 16.8. The molecular formula is C14H18O4. The van der Waals surface area contributed by atoms with Crippen LogP contribution in [0.25, 0.3) is 0 Å². The summed E-state index contributed by atoms with van der Waals surface area (Å²) in [5.41, 5.74) is 0.733. The summed E-state index contributed by atoms with van der Waals surface area (Å²) in [6, 6.07) is 5.65. The lowest BCUT2D eigenvalue weighted by atomic mass is 9.74. The highest BCUT2D eigenvalue weighted by Crippen LogP contribution is 2.42. The van der Waals surface area contributed by atoms with Crippen LogP contribution in [0.4, 0.5) is 0 Å². The molecule has 18 heavy (non-hydrogen) atoms. The predicted molar refractivity (Wildman–Crippen MR) is 67.3 cm³/mol. The zero-order chi connectivity index (χ0) is 13.2. The second-order valence-electron chi connectivity index (χ2n) is 4.72. The van der Waals surface area contributed by atoms with E-state index in [0.717, 1.165) is 17.1 Å². The monoisotopic (exact) mass is 250 g/mol. The van der Waals surface area contributed by atoms with Gasteiger partial charge < -0.3 is 14.2 Å². The molecule has 1 aliphatic heterocycles. The highest BCUT2D eigenvalue weighted by atomic mass is 16.5. The third-order valence-electron chi connectivity index (χ3n) is 3.32. The van der Waals surface area contributed by atoms with E-state index in [1.54, 1.807) is 21.1 Å². The fourth-order valence-electron chi connectivity index (χ4n) is 2.41. The van der Waals surface area contributed by atoms with E-state index < -0.39 is 0 Å². The number of benzene rings is 1. The van der Waals surface area contributed by atoms with Crippen molar-refractivity contribution in [2.45, 2.75) is 18.8 Å². The fourth-order valence-corrected chi connectivity index (χ4v) is 2.41. The number of ketones is 1. The number of carbonyl (C=O) groups excluding carboxylic acids is 1. The van der Waals surface area contributed by atoms with Gasteiger partial charge in [-0.15, -0.1) is 0 Å². The van der Waals surface area contributed by atoms with Crippen molar-refractivity contribution in [1.29, 1.82) is 0 Å². The molecular weight excluding hydrogens is 232 g/mol. The average molecular weight is 250 g/mol. The van der Waals surface area contributed by atoms with Crippen molar-refractivity contribution in [1.82, 2.24) is 0 Å².